The van der Waals surface area contributed by atoms with Gasteiger partial charge in [-0.25, -0.2) is 4.98 Å². The van der Waals surface area contributed by atoms with Crippen LogP contribution in [0.15, 0.2) is 5.38 Å². The van der Waals surface area contributed by atoms with Gasteiger partial charge in [0.05, 0.1) is 5.25 Å². The van der Waals surface area contributed by atoms with Crippen molar-refractivity contribution in [2.75, 3.05) is 11.1 Å². The molecule has 1 unspecified atom stereocenters. The Morgan fingerprint density at radius 2 is 2.26 bits per heavy atom. The van der Waals surface area contributed by atoms with Crippen molar-refractivity contribution in [1.29, 1.82) is 0 Å². The SMILES string of the molecule is CCCCSC(C)C(=O)Nc1nc(C(F)(F)F)cs1. The zero-order chi connectivity index (χ0) is 14.5. The molecular weight excluding hydrogens is 297 g/mol. The first-order valence-electron chi connectivity index (χ1n) is 5.79. The number of hydrogen-bond acceptors (Lipinski definition) is 4. The lowest BCUT2D eigenvalue weighted by molar-refractivity contribution is -0.140. The topological polar surface area (TPSA) is 42.0 Å². The van der Waals surface area contributed by atoms with Crippen molar-refractivity contribution in [2.45, 2.75) is 38.1 Å². The normalized spacial score (nSPS) is 13.3. The fourth-order valence-electron chi connectivity index (χ4n) is 1.15. The summed E-state index contributed by atoms with van der Waals surface area (Å²) in [6.45, 7) is 3.79. The minimum atomic E-state index is -4.47. The van der Waals surface area contributed by atoms with Crippen LogP contribution in [0, 0.1) is 0 Å². The molecule has 3 nitrogen and oxygen atoms in total. The molecule has 1 aromatic rings. The zero-order valence-corrected chi connectivity index (χ0v) is 12.2. The molecule has 0 aliphatic heterocycles. The standard InChI is InChI=1S/C11H15F3N2OS2/c1-3-4-5-18-7(2)9(17)16-10-15-8(6-19-10)11(12,13)14/h6-7H,3-5H2,1-2H3,(H,15,16,17). The number of thiazole rings is 1. The smallest absolute Gasteiger partial charge is 0.301 e. The summed E-state index contributed by atoms with van der Waals surface area (Å²) < 4.78 is 37.0. The van der Waals surface area contributed by atoms with Crippen LogP contribution >= 0.6 is 23.1 Å². The highest BCUT2D eigenvalue weighted by Gasteiger charge is 2.34. The van der Waals surface area contributed by atoms with Crippen LogP contribution in [0.25, 0.3) is 0 Å². The van der Waals surface area contributed by atoms with Crippen molar-refractivity contribution < 1.29 is 18.0 Å². The predicted molar refractivity (Wildman–Crippen MR) is 72.6 cm³/mol. The maximum absolute atomic E-state index is 12.3. The Bertz CT molecular complexity index is 420. The summed E-state index contributed by atoms with van der Waals surface area (Å²) >= 11 is 2.26. The third-order valence-electron chi connectivity index (χ3n) is 2.26. The fraction of sp³-hybridized carbons (Fsp3) is 0.636. The molecule has 1 amide bonds. The van der Waals surface area contributed by atoms with Gasteiger partial charge in [-0.2, -0.15) is 13.2 Å². The molecule has 1 atom stereocenters. The molecule has 1 heterocycles. The lowest BCUT2D eigenvalue weighted by atomic mass is 10.4. The number of nitrogens with one attached hydrogen (secondary N) is 1. The van der Waals surface area contributed by atoms with E-state index >= 15 is 0 Å². The minimum Gasteiger partial charge on any atom is -0.301 e. The van der Waals surface area contributed by atoms with Crippen molar-refractivity contribution >= 4 is 34.1 Å². The van der Waals surface area contributed by atoms with Crippen molar-refractivity contribution in [3.05, 3.63) is 11.1 Å². The summed E-state index contributed by atoms with van der Waals surface area (Å²) in [5, 5.41) is 2.99. The summed E-state index contributed by atoms with van der Waals surface area (Å²) in [4.78, 5) is 15.1. The Balaban J connectivity index is 2.50. The summed E-state index contributed by atoms with van der Waals surface area (Å²) in [7, 11) is 0. The number of thioether (sulfide) groups is 1. The van der Waals surface area contributed by atoms with Crippen molar-refractivity contribution in [2.24, 2.45) is 0 Å². The number of nitrogens with zero attached hydrogens (tertiary/aromatic N) is 1. The van der Waals surface area contributed by atoms with Gasteiger partial charge in [-0.15, -0.1) is 23.1 Å². The third kappa shape index (κ3) is 5.40. The Hall–Kier alpha value is -0.760. The summed E-state index contributed by atoms with van der Waals surface area (Å²) in [5.74, 6) is 0.542. The van der Waals surface area contributed by atoms with Crippen LogP contribution in [-0.4, -0.2) is 21.9 Å². The highest BCUT2D eigenvalue weighted by Crippen LogP contribution is 2.31. The fourth-order valence-corrected chi connectivity index (χ4v) is 2.89. The highest BCUT2D eigenvalue weighted by molar-refractivity contribution is 8.00. The van der Waals surface area contributed by atoms with Crippen LogP contribution in [0.2, 0.25) is 0 Å². The van der Waals surface area contributed by atoms with E-state index in [0.29, 0.717) is 0 Å². The van der Waals surface area contributed by atoms with Gasteiger partial charge in [0.15, 0.2) is 10.8 Å². The molecule has 1 aromatic heterocycles. The summed E-state index contributed by atoms with van der Waals surface area (Å²) in [6, 6.07) is 0. The second kappa shape index (κ2) is 7.14. The number of amides is 1. The zero-order valence-electron chi connectivity index (χ0n) is 10.6. The summed E-state index contributed by atoms with van der Waals surface area (Å²) in [6.07, 6.45) is -2.42. The number of rotatable bonds is 6. The molecule has 0 aromatic carbocycles. The average molecular weight is 312 g/mol. The molecule has 0 bridgehead atoms. The minimum absolute atomic E-state index is 0.0136. The van der Waals surface area contributed by atoms with E-state index in [1.807, 2.05) is 0 Å². The van der Waals surface area contributed by atoms with Crippen molar-refractivity contribution in [1.82, 2.24) is 4.98 Å². The molecule has 1 rings (SSSR count). The number of halogens is 3. The first kappa shape index (κ1) is 16.3. The molecule has 0 aliphatic carbocycles. The Kier molecular flexibility index (Phi) is 6.12. The molecule has 19 heavy (non-hydrogen) atoms. The molecule has 0 spiro atoms. The average Bonchev–Trinajstić information content (AvgIpc) is 2.77. The van der Waals surface area contributed by atoms with E-state index in [0.717, 1.165) is 35.3 Å². The Morgan fingerprint density at radius 3 is 2.79 bits per heavy atom. The largest absolute Gasteiger partial charge is 0.434 e. The maximum Gasteiger partial charge on any atom is 0.434 e. The molecule has 1 N–H and O–H groups in total. The number of anilines is 1. The monoisotopic (exact) mass is 312 g/mol. The second-order valence-electron chi connectivity index (χ2n) is 3.89. The Labute approximate surface area is 118 Å². The lowest BCUT2D eigenvalue weighted by Gasteiger charge is -2.09. The number of carbonyl (C=O) groups excluding carboxylic acids is 1. The van der Waals surface area contributed by atoms with E-state index in [1.54, 1.807) is 6.92 Å². The number of aromatic nitrogens is 1. The predicted octanol–water partition coefficient (Wildman–Crippen LogP) is 4.02. The van der Waals surface area contributed by atoms with E-state index < -0.39 is 11.9 Å². The Morgan fingerprint density at radius 1 is 1.58 bits per heavy atom. The van der Waals surface area contributed by atoms with Crippen molar-refractivity contribution in [3.63, 3.8) is 0 Å². The first-order chi connectivity index (χ1) is 8.84. The van der Waals surface area contributed by atoms with Gasteiger partial charge in [0.25, 0.3) is 0 Å². The van der Waals surface area contributed by atoms with Gasteiger partial charge < -0.3 is 5.32 Å². The molecular formula is C11H15F3N2OS2. The van der Waals surface area contributed by atoms with Gasteiger partial charge in [0, 0.05) is 5.38 Å². The summed E-state index contributed by atoms with van der Waals surface area (Å²) in [5.41, 5.74) is -0.973. The van der Waals surface area contributed by atoms with Crippen LogP contribution in [0.4, 0.5) is 18.3 Å². The number of hydrogen-bond donors (Lipinski definition) is 1. The van der Waals surface area contributed by atoms with Gasteiger partial charge in [-0.05, 0) is 19.1 Å². The van der Waals surface area contributed by atoms with Crippen LogP contribution in [0.5, 0.6) is 0 Å². The second-order valence-corrected chi connectivity index (χ2v) is 6.20. The number of carbonyl (C=O) groups is 1. The van der Waals surface area contributed by atoms with Crippen LogP contribution in [-0.2, 0) is 11.0 Å². The van der Waals surface area contributed by atoms with E-state index in [4.69, 9.17) is 0 Å². The maximum atomic E-state index is 12.3. The van der Waals surface area contributed by atoms with Gasteiger partial charge in [-0.1, -0.05) is 13.3 Å². The van der Waals surface area contributed by atoms with Crippen LogP contribution in [0.1, 0.15) is 32.4 Å². The molecule has 0 aliphatic rings. The van der Waals surface area contributed by atoms with Gasteiger partial charge in [0.2, 0.25) is 5.91 Å². The van der Waals surface area contributed by atoms with Crippen LogP contribution in [0.3, 0.4) is 0 Å². The highest BCUT2D eigenvalue weighted by atomic mass is 32.2. The van der Waals surface area contributed by atoms with Crippen molar-refractivity contribution in [3.8, 4) is 0 Å². The number of alkyl halides is 3. The lowest BCUT2D eigenvalue weighted by Crippen LogP contribution is -2.22. The van der Waals surface area contributed by atoms with Gasteiger partial charge in [-0.3, -0.25) is 4.79 Å². The molecule has 0 fully saturated rings. The van der Waals surface area contributed by atoms with E-state index in [-0.39, 0.29) is 16.3 Å². The molecule has 8 heteroatoms. The number of unbranched alkanes of at least 4 members (excludes halogenated alkanes) is 1. The quantitative estimate of drug-likeness (QED) is 0.807. The first-order valence-corrected chi connectivity index (χ1v) is 7.72. The molecule has 0 saturated heterocycles. The molecule has 108 valence electrons. The molecule has 0 radical (unpaired) electrons. The molecule has 0 saturated carbocycles. The van der Waals surface area contributed by atoms with Gasteiger partial charge >= 0.3 is 6.18 Å². The van der Waals surface area contributed by atoms with E-state index in [2.05, 4.69) is 17.2 Å². The van der Waals surface area contributed by atoms with Gasteiger partial charge in [0.1, 0.15) is 0 Å². The van der Waals surface area contributed by atoms with E-state index in [9.17, 15) is 18.0 Å². The van der Waals surface area contributed by atoms with Crippen LogP contribution < -0.4 is 5.32 Å². The third-order valence-corrected chi connectivity index (χ3v) is 4.26. The van der Waals surface area contributed by atoms with E-state index in [1.165, 1.54) is 11.8 Å².